The Morgan fingerprint density at radius 1 is 1.16 bits per heavy atom. The SMILES string of the molecule is COc1cccc(C(Cc2ccccc2)NN)c1F. The Balaban J connectivity index is 2.27. The normalized spacial score (nSPS) is 12.2. The van der Waals surface area contributed by atoms with Gasteiger partial charge in [-0.05, 0) is 18.1 Å². The van der Waals surface area contributed by atoms with Crippen molar-refractivity contribution in [2.45, 2.75) is 12.5 Å². The smallest absolute Gasteiger partial charge is 0.169 e. The molecule has 2 aromatic carbocycles. The van der Waals surface area contributed by atoms with Gasteiger partial charge < -0.3 is 4.74 Å². The predicted octanol–water partition coefficient (Wildman–Crippen LogP) is 2.58. The first-order valence-corrected chi connectivity index (χ1v) is 6.08. The highest BCUT2D eigenvalue weighted by atomic mass is 19.1. The number of rotatable bonds is 5. The number of hydrogen-bond acceptors (Lipinski definition) is 3. The number of benzene rings is 2. The minimum absolute atomic E-state index is 0.228. The first kappa shape index (κ1) is 13.5. The van der Waals surface area contributed by atoms with E-state index in [0.29, 0.717) is 12.0 Å². The molecule has 100 valence electrons. The van der Waals surface area contributed by atoms with Gasteiger partial charge in [-0.1, -0.05) is 42.5 Å². The number of nitrogens with one attached hydrogen (secondary N) is 1. The summed E-state index contributed by atoms with van der Waals surface area (Å²) in [5.74, 6) is 5.41. The molecule has 2 aromatic rings. The van der Waals surface area contributed by atoms with E-state index in [9.17, 15) is 4.39 Å². The molecule has 3 nitrogen and oxygen atoms in total. The van der Waals surface area contributed by atoms with Gasteiger partial charge in [-0.15, -0.1) is 0 Å². The molecule has 0 bridgehead atoms. The fourth-order valence-electron chi connectivity index (χ4n) is 2.06. The van der Waals surface area contributed by atoms with E-state index >= 15 is 0 Å². The lowest BCUT2D eigenvalue weighted by Crippen LogP contribution is -2.30. The maximum absolute atomic E-state index is 14.2. The van der Waals surface area contributed by atoms with Gasteiger partial charge in [0, 0.05) is 5.56 Å². The van der Waals surface area contributed by atoms with Crippen molar-refractivity contribution in [3.8, 4) is 5.75 Å². The van der Waals surface area contributed by atoms with Gasteiger partial charge in [-0.25, -0.2) is 4.39 Å². The van der Waals surface area contributed by atoms with Crippen LogP contribution in [0.15, 0.2) is 48.5 Å². The van der Waals surface area contributed by atoms with Gasteiger partial charge in [-0.2, -0.15) is 0 Å². The minimum Gasteiger partial charge on any atom is -0.494 e. The summed E-state index contributed by atoms with van der Waals surface area (Å²) >= 11 is 0. The number of hydrazine groups is 1. The van der Waals surface area contributed by atoms with Crippen LogP contribution < -0.4 is 16.0 Å². The molecule has 0 saturated carbocycles. The second kappa shape index (κ2) is 6.31. The van der Waals surface area contributed by atoms with Crippen molar-refractivity contribution in [1.82, 2.24) is 5.43 Å². The zero-order chi connectivity index (χ0) is 13.7. The second-order valence-corrected chi connectivity index (χ2v) is 4.27. The van der Waals surface area contributed by atoms with E-state index in [1.54, 1.807) is 18.2 Å². The Labute approximate surface area is 112 Å². The molecule has 0 aliphatic rings. The second-order valence-electron chi connectivity index (χ2n) is 4.27. The molecule has 0 aliphatic carbocycles. The molecule has 0 radical (unpaired) electrons. The average Bonchev–Trinajstić information content (AvgIpc) is 2.46. The van der Waals surface area contributed by atoms with Crippen molar-refractivity contribution >= 4 is 0 Å². The number of methoxy groups -OCH3 is 1. The topological polar surface area (TPSA) is 47.3 Å². The molecule has 2 rings (SSSR count). The molecule has 0 amide bonds. The predicted molar refractivity (Wildman–Crippen MR) is 73.2 cm³/mol. The Hall–Kier alpha value is -1.91. The lowest BCUT2D eigenvalue weighted by atomic mass is 9.98. The Morgan fingerprint density at radius 3 is 2.53 bits per heavy atom. The van der Waals surface area contributed by atoms with Crippen LogP contribution in [0, 0.1) is 5.82 Å². The fraction of sp³-hybridized carbons (Fsp3) is 0.200. The lowest BCUT2D eigenvalue weighted by molar-refractivity contribution is 0.379. The molecule has 0 saturated heterocycles. The van der Waals surface area contributed by atoms with Crippen molar-refractivity contribution in [2.75, 3.05) is 7.11 Å². The van der Waals surface area contributed by atoms with E-state index in [1.165, 1.54) is 7.11 Å². The standard InChI is InChI=1S/C15H17FN2O/c1-19-14-9-5-8-12(15(14)16)13(18-17)10-11-6-3-2-4-7-11/h2-9,13,18H,10,17H2,1H3. The van der Waals surface area contributed by atoms with E-state index in [-0.39, 0.29) is 17.6 Å². The zero-order valence-electron chi connectivity index (χ0n) is 10.8. The maximum Gasteiger partial charge on any atom is 0.169 e. The molecule has 1 unspecified atom stereocenters. The number of nitrogens with two attached hydrogens (primary N) is 1. The molecular formula is C15H17FN2O. The van der Waals surface area contributed by atoms with Crippen molar-refractivity contribution < 1.29 is 9.13 Å². The van der Waals surface area contributed by atoms with Crippen LogP contribution in [0.5, 0.6) is 5.75 Å². The molecule has 0 heterocycles. The monoisotopic (exact) mass is 260 g/mol. The summed E-state index contributed by atoms with van der Waals surface area (Å²) in [7, 11) is 1.45. The number of halogens is 1. The van der Waals surface area contributed by atoms with Crippen molar-refractivity contribution in [3.63, 3.8) is 0 Å². The molecule has 0 aromatic heterocycles. The van der Waals surface area contributed by atoms with Crippen molar-refractivity contribution in [3.05, 3.63) is 65.5 Å². The number of hydrogen-bond donors (Lipinski definition) is 2. The molecule has 0 aliphatic heterocycles. The van der Waals surface area contributed by atoms with Crippen LogP contribution in [0.1, 0.15) is 17.2 Å². The van der Waals surface area contributed by atoms with E-state index in [4.69, 9.17) is 10.6 Å². The van der Waals surface area contributed by atoms with Gasteiger partial charge in [0.1, 0.15) is 0 Å². The van der Waals surface area contributed by atoms with Gasteiger partial charge >= 0.3 is 0 Å². The van der Waals surface area contributed by atoms with Gasteiger partial charge in [-0.3, -0.25) is 11.3 Å². The Bertz CT molecular complexity index is 531. The minimum atomic E-state index is -0.371. The summed E-state index contributed by atoms with van der Waals surface area (Å²) in [5.41, 5.74) is 4.26. The van der Waals surface area contributed by atoms with Crippen LogP contribution in [0.4, 0.5) is 4.39 Å². The summed E-state index contributed by atoms with van der Waals surface area (Å²) in [4.78, 5) is 0. The number of ether oxygens (including phenoxy) is 1. The van der Waals surface area contributed by atoms with E-state index in [1.807, 2.05) is 30.3 Å². The first-order valence-electron chi connectivity index (χ1n) is 6.08. The van der Waals surface area contributed by atoms with Gasteiger partial charge in [0.15, 0.2) is 11.6 Å². The highest BCUT2D eigenvalue weighted by molar-refractivity contribution is 5.34. The fourth-order valence-corrected chi connectivity index (χ4v) is 2.06. The third-order valence-electron chi connectivity index (χ3n) is 3.07. The van der Waals surface area contributed by atoms with Crippen LogP contribution in [0.2, 0.25) is 0 Å². The van der Waals surface area contributed by atoms with Crippen LogP contribution >= 0.6 is 0 Å². The Kier molecular flexibility index (Phi) is 4.49. The van der Waals surface area contributed by atoms with Gasteiger partial charge in [0.2, 0.25) is 0 Å². The average molecular weight is 260 g/mol. The first-order chi connectivity index (χ1) is 9.26. The largest absolute Gasteiger partial charge is 0.494 e. The van der Waals surface area contributed by atoms with Crippen LogP contribution in [-0.4, -0.2) is 7.11 Å². The lowest BCUT2D eigenvalue weighted by Gasteiger charge is -2.18. The van der Waals surface area contributed by atoms with Crippen molar-refractivity contribution in [2.24, 2.45) is 5.84 Å². The maximum atomic E-state index is 14.2. The highest BCUT2D eigenvalue weighted by Crippen LogP contribution is 2.26. The molecular weight excluding hydrogens is 243 g/mol. The highest BCUT2D eigenvalue weighted by Gasteiger charge is 2.17. The Morgan fingerprint density at radius 2 is 1.89 bits per heavy atom. The third-order valence-corrected chi connectivity index (χ3v) is 3.07. The van der Waals surface area contributed by atoms with Crippen LogP contribution in [-0.2, 0) is 6.42 Å². The zero-order valence-corrected chi connectivity index (χ0v) is 10.8. The van der Waals surface area contributed by atoms with E-state index < -0.39 is 0 Å². The van der Waals surface area contributed by atoms with Gasteiger partial charge in [0.05, 0.1) is 13.2 Å². The molecule has 0 spiro atoms. The molecule has 3 N–H and O–H groups in total. The molecule has 4 heteroatoms. The summed E-state index contributed by atoms with van der Waals surface area (Å²) in [5, 5.41) is 0. The quantitative estimate of drug-likeness (QED) is 0.641. The summed E-state index contributed by atoms with van der Waals surface area (Å²) in [6.45, 7) is 0. The van der Waals surface area contributed by atoms with Crippen LogP contribution in [0.3, 0.4) is 0 Å². The van der Waals surface area contributed by atoms with Gasteiger partial charge in [0.25, 0.3) is 0 Å². The van der Waals surface area contributed by atoms with Crippen LogP contribution in [0.25, 0.3) is 0 Å². The van der Waals surface area contributed by atoms with E-state index in [0.717, 1.165) is 5.56 Å². The molecule has 19 heavy (non-hydrogen) atoms. The van der Waals surface area contributed by atoms with Crippen molar-refractivity contribution in [1.29, 1.82) is 0 Å². The summed E-state index contributed by atoms with van der Waals surface area (Å²) in [6, 6.07) is 14.6. The third kappa shape index (κ3) is 3.10. The van der Waals surface area contributed by atoms with E-state index in [2.05, 4.69) is 5.43 Å². The summed E-state index contributed by atoms with van der Waals surface area (Å²) in [6.07, 6.45) is 0.613. The molecule has 0 fully saturated rings. The molecule has 1 atom stereocenters. The summed E-state index contributed by atoms with van der Waals surface area (Å²) < 4.78 is 19.2.